The first-order valence-corrected chi connectivity index (χ1v) is 7.33. The molecule has 0 unspecified atom stereocenters. The molecule has 0 aliphatic carbocycles. The Kier molecular flexibility index (Phi) is 4.30. The molecule has 0 saturated carbocycles. The van der Waals surface area contributed by atoms with E-state index in [1.807, 2.05) is 11.4 Å². The second-order valence-corrected chi connectivity index (χ2v) is 6.37. The van der Waals surface area contributed by atoms with Crippen molar-refractivity contribution < 1.29 is 9.90 Å². The fourth-order valence-corrected chi connectivity index (χ4v) is 2.90. The molecule has 2 heterocycles. The Morgan fingerprint density at radius 2 is 2.25 bits per heavy atom. The number of thiophene rings is 1. The molecule has 0 aliphatic rings. The third kappa shape index (κ3) is 3.11. The first kappa shape index (κ1) is 14.8. The predicted octanol–water partition coefficient (Wildman–Crippen LogP) is 3.88. The summed E-state index contributed by atoms with van der Waals surface area (Å²) in [5, 5.41) is 14.3. The van der Waals surface area contributed by atoms with Crippen LogP contribution in [-0.2, 0) is 5.41 Å². The van der Waals surface area contributed by atoms with Gasteiger partial charge in [0.25, 0.3) is 0 Å². The van der Waals surface area contributed by atoms with Gasteiger partial charge in [0.2, 0.25) is 0 Å². The van der Waals surface area contributed by atoms with Crippen molar-refractivity contribution >= 4 is 34.7 Å². The van der Waals surface area contributed by atoms with Gasteiger partial charge in [0, 0.05) is 23.0 Å². The number of anilines is 1. The topological polar surface area (TPSA) is 62.2 Å². The second kappa shape index (κ2) is 5.81. The number of halogens is 1. The maximum atomic E-state index is 11.0. The Hall–Kier alpha value is -1.59. The van der Waals surface area contributed by atoms with Crippen LogP contribution in [-0.4, -0.2) is 22.6 Å². The van der Waals surface area contributed by atoms with Crippen LogP contribution in [0.3, 0.4) is 0 Å². The van der Waals surface area contributed by atoms with Crippen molar-refractivity contribution in [2.45, 2.75) is 19.3 Å². The summed E-state index contributed by atoms with van der Waals surface area (Å²) in [4.78, 5) is 16.4. The Morgan fingerprint density at radius 3 is 2.85 bits per heavy atom. The minimum atomic E-state index is -1.06. The molecule has 0 bridgehead atoms. The molecule has 20 heavy (non-hydrogen) atoms. The number of aromatic nitrogens is 1. The SMILES string of the molecule is CC(C)(CNc1nccc(C(=O)O)c1Cl)c1cccs1. The van der Waals surface area contributed by atoms with Crippen molar-refractivity contribution in [2.75, 3.05) is 11.9 Å². The molecule has 0 fully saturated rings. The maximum absolute atomic E-state index is 11.0. The van der Waals surface area contributed by atoms with E-state index in [1.54, 1.807) is 11.3 Å². The van der Waals surface area contributed by atoms with Crippen molar-refractivity contribution in [3.8, 4) is 0 Å². The second-order valence-electron chi connectivity index (χ2n) is 5.04. The number of nitrogens with zero attached hydrogens (tertiary/aromatic N) is 1. The average Bonchev–Trinajstić information content (AvgIpc) is 2.92. The van der Waals surface area contributed by atoms with Gasteiger partial charge in [-0.1, -0.05) is 31.5 Å². The Balaban J connectivity index is 2.16. The molecule has 0 amide bonds. The molecule has 106 valence electrons. The molecule has 2 rings (SSSR count). The van der Waals surface area contributed by atoms with Crippen molar-refractivity contribution in [1.82, 2.24) is 4.98 Å². The lowest BCUT2D eigenvalue weighted by Gasteiger charge is -2.24. The van der Waals surface area contributed by atoms with Gasteiger partial charge in [0.15, 0.2) is 0 Å². The van der Waals surface area contributed by atoms with Gasteiger partial charge in [-0.3, -0.25) is 0 Å². The van der Waals surface area contributed by atoms with Gasteiger partial charge in [-0.05, 0) is 17.5 Å². The summed E-state index contributed by atoms with van der Waals surface area (Å²) in [5.41, 5.74) is -0.0311. The number of aromatic carboxylic acids is 1. The number of pyridine rings is 1. The highest BCUT2D eigenvalue weighted by atomic mass is 35.5. The van der Waals surface area contributed by atoms with Crippen molar-refractivity contribution in [3.05, 3.63) is 45.2 Å². The zero-order valence-corrected chi connectivity index (χ0v) is 12.8. The van der Waals surface area contributed by atoms with Crippen LogP contribution in [0.4, 0.5) is 5.82 Å². The summed E-state index contributed by atoms with van der Waals surface area (Å²) in [5.74, 6) is -0.658. The summed E-state index contributed by atoms with van der Waals surface area (Å²) in [6, 6.07) is 5.48. The van der Waals surface area contributed by atoms with E-state index in [2.05, 4.69) is 30.2 Å². The zero-order chi connectivity index (χ0) is 14.8. The van der Waals surface area contributed by atoms with Gasteiger partial charge in [0.05, 0.1) is 10.6 Å². The van der Waals surface area contributed by atoms with Crippen LogP contribution in [0.25, 0.3) is 0 Å². The summed E-state index contributed by atoms with van der Waals surface area (Å²) in [6.45, 7) is 4.84. The summed E-state index contributed by atoms with van der Waals surface area (Å²) < 4.78 is 0. The Bertz CT molecular complexity index is 612. The van der Waals surface area contributed by atoms with E-state index in [0.717, 1.165) is 0 Å². The maximum Gasteiger partial charge on any atom is 0.337 e. The monoisotopic (exact) mass is 310 g/mol. The zero-order valence-electron chi connectivity index (χ0n) is 11.2. The third-order valence-electron chi connectivity index (χ3n) is 3.01. The summed E-state index contributed by atoms with van der Waals surface area (Å²) >= 11 is 7.74. The van der Waals surface area contributed by atoms with Gasteiger partial charge < -0.3 is 10.4 Å². The third-order valence-corrected chi connectivity index (χ3v) is 4.62. The predicted molar refractivity (Wildman–Crippen MR) is 82.0 cm³/mol. The highest BCUT2D eigenvalue weighted by Gasteiger charge is 2.22. The van der Waals surface area contributed by atoms with Gasteiger partial charge in [-0.2, -0.15) is 0 Å². The van der Waals surface area contributed by atoms with Crippen molar-refractivity contribution in [2.24, 2.45) is 0 Å². The molecule has 0 radical (unpaired) electrons. The van der Waals surface area contributed by atoms with E-state index in [1.165, 1.54) is 17.1 Å². The van der Waals surface area contributed by atoms with Gasteiger partial charge in [-0.15, -0.1) is 11.3 Å². The number of rotatable bonds is 5. The molecule has 0 saturated heterocycles. The van der Waals surface area contributed by atoms with Gasteiger partial charge in [-0.25, -0.2) is 9.78 Å². The lowest BCUT2D eigenvalue weighted by molar-refractivity contribution is 0.0697. The van der Waals surface area contributed by atoms with Crippen LogP contribution >= 0.6 is 22.9 Å². The molecule has 2 aromatic rings. The summed E-state index contributed by atoms with van der Waals surface area (Å²) in [7, 11) is 0. The average molecular weight is 311 g/mol. The number of nitrogens with one attached hydrogen (secondary N) is 1. The van der Waals surface area contributed by atoms with Crippen molar-refractivity contribution in [1.29, 1.82) is 0 Å². The number of hydrogen-bond acceptors (Lipinski definition) is 4. The molecular formula is C14H15ClN2O2S. The molecule has 0 aliphatic heterocycles. The Morgan fingerprint density at radius 1 is 1.50 bits per heavy atom. The molecule has 0 atom stereocenters. The Labute approximate surface area is 126 Å². The van der Waals surface area contributed by atoms with Crippen molar-refractivity contribution in [3.63, 3.8) is 0 Å². The normalized spacial score (nSPS) is 11.3. The first-order chi connectivity index (χ1) is 9.42. The minimum absolute atomic E-state index is 0.0538. The molecule has 4 nitrogen and oxygen atoms in total. The van der Waals surface area contributed by atoms with Crippen LogP contribution in [0.2, 0.25) is 5.02 Å². The largest absolute Gasteiger partial charge is 0.478 e. The number of carbonyl (C=O) groups is 1. The highest BCUT2D eigenvalue weighted by molar-refractivity contribution is 7.10. The minimum Gasteiger partial charge on any atom is -0.478 e. The number of carboxylic acid groups (broad SMARTS) is 1. The molecule has 0 aromatic carbocycles. The molecular weight excluding hydrogens is 296 g/mol. The molecule has 6 heteroatoms. The van der Waals surface area contributed by atoms with Crippen LogP contribution in [0.5, 0.6) is 0 Å². The van der Waals surface area contributed by atoms with E-state index in [9.17, 15) is 4.79 Å². The van der Waals surface area contributed by atoms with E-state index in [4.69, 9.17) is 16.7 Å². The van der Waals surface area contributed by atoms with E-state index < -0.39 is 5.97 Å². The fourth-order valence-electron chi connectivity index (χ4n) is 1.79. The number of carboxylic acids is 1. The quantitative estimate of drug-likeness (QED) is 0.879. The lowest BCUT2D eigenvalue weighted by Crippen LogP contribution is -2.27. The van der Waals surface area contributed by atoms with Crippen LogP contribution < -0.4 is 5.32 Å². The van der Waals surface area contributed by atoms with Crippen LogP contribution in [0.1, 0.15) is 29.1 Å². The van der Waals surface area contributed by atoms with E-state index >= 15 is 0 Å². The van der Waals surface area contributed by atoms with E-state index in [-0.39, 0.29) is 16.0 Å². The molecule has 2 N–H and O–H groups in total. The van der Waals surface area contributed by atoms with Gasteiger partial charge >= 0.3 is 5.97 Å². The number of hydrogen-bond donors (Lipinski definition) is 2. The first-order valence-electron chi connectivity index (χ1n) is 6.07. The van der Waals surface area contributed by atoms with Gasteiger partial charge in [0.1, 0.15) is 5.82 Å². The standard InChI is InChI=1S/C14H15ClN2O2S/c1-14(2,10-4-3-7-20-10)8-17-12-11(15)9(13(18)19)5-6-16-12/h3-7H,8H2,1-2H3,(H,16,17)(H,18,19). The highest BCUT2D eigenvalue weighted by Crippen LogP contribution is 2.29. The summed E-state index contributed by atoms with van der Waals surface area (Å²) in [6.07, 6.45) is 1.44. The fraction of sp³-hybridized carbons (Fsp3) is 0.286. The molecule has 2 aromatic heterocycles. The van der Waals surface area contributed by atoms with Crippen LogP contribution in [0, 0.1) is 0 Å². The lowest BCUT2D eigenvalue weighted by atomic mass is 9.91. The molecule has 0 spiro atoms. The smallest absolute Gasteiger partial charge is 0.337 e. The van der Waals surface area contributed by atoms with Crippen LogP contribution in [0.15, 0.2) is 29.8 Å². The van der Waals surface area contributed by atoms with E-state index in [0.29, 0.717) is 12.4 Å².